The molecule has 0 unspecified atom stereocenters. The molecule has 3 aromatic carbocycles. The van der Waals surface area contributed by atoms with E-state index < -0.39 is 32.8 Å². The number of carbonyl (C=O) groups is 3. The van der Waals surface area contributed by atoms with Gasteiger partial charge in [-0.1, -0.05) is 30.3 Å². The van der Waals surface area contributed by atoms with Gasteiger partial charge < -0.3 is 5.11 Å². The van der Waals surface area contributed by atoms with Crippen molar-refractivity contribution in [3.8, 4) is 0 Å². The van der Waals surface area contributed by atoms with E-state index in [2.05, 4.69) is 0 Å². The SMILES string of the molecule is Cc1ccc(C(=O)O)cc1S(=O)(=O)ON1C(=O)c2cccc3cccc(c23)C1=O. The number of carboxylic acids is 1. The maximum absolute atomic E-state index is 12.8. The number of aryl methyl sites for hydroxylation is 1. The van der Waals surface area contributed by atoms with Gasteiger partial charge in [0.15, 0.2) is 0 Å². The summed E-state index contributed by atoms with van der Waals surface area (Å²) in [4.78, 5) is 36.3. The lowest BCUT2D eigenvalue weighted by Crippen LogP contribution is -2.41. The number of imide groups is 1. The third-order valence-electron chi connectivity index (χ3n) is 4.61. The molecule has 0 spiro atoms. The Kier molecular flexibility index (Phi) is 4.21. The van der Waals surface area contributed by atoms with E-state index in [0.717, 1.165) is 6.07 Å². The monoisotopic (exact) mass is 411 g/mol. The van der Waals surface area contributed by atoms with E-state index in [4.69, 9.17) is 9.39 Å². The first-order valence-electron chi connectivity index (χ1n) is 8.40. The molecule has 1 aliphatic heterocycles. The molecule has 0 atom stereocenters. The second-order valence-corrected chi connectivity index (χ2v) is 7.93. The van der Waals surface area contributed by atoms with Gasteiger partial charge in [-0.15, -0.1) is 9.35 Å². The minimum absolute atomic E-state index is 0.129. The van der Waals surface area contributed by atoms with Gasteiger partial charge in [-0.25, -0.2) is 4.79 Å². The summed E-state index contributed by atoms with van der Waals surface area (Å²) in [5.74, 6) is -3.17. The molecular formula is C20H13NO7S. The highest BCUT2D eigenvalue weighted by Gasteiger charge is 2.38. The first-order valence-corrected chi connectivity index (χ1v) is 9.80. The Labute approximate surface area is 165 Å². The predicted octanol–water partition coefficient (Wildman–Crippen LogP) is 2.76. The van der Waals surface area contributed by atoms with Crippen LogP contribution in [0.5, 0.6) is 0 Å². The van der Waals surface area contributed by atoms with E-state index in [9.17, 15) is 22.8 Å². The van der Waals surface area contributed by atoms with Gasteiger partial charge in [0, 0.05) is 5.39 Å². The van der Waals surface area contributed by atoms with Gasteiger partial charge >= 0.3 is 16.1 Å². The molecule has 2 amide bonds. The summed E-state index contributed by atoms with van der Waals surface area (Å²) < 4.78 is 30.5. The normalized spacial score (nSPS) is 13.8. The Morgan fingerprint density at radius 2 is 1.55 bits per heavy atom. The number of aromatic carboxylic acids is 1. The van der Waals surface area contributed by atoms with Crippen LogP contribution in [0.1, 0.15) is 36.6 Å². The summed E-state index contributed by atoms with van der Waals surface area (Å²) in [6, 6.07) is 13.1. The van der Waals surface area contributed by atoms with Gasteiger partial charge in [0.25, 0.3) is 11.8 Å². The van der Waals surface area contributed by atoms with Crippen LogP contribution in [0.15, 0.2) is 59.5 Å². The molecule has 0 saturated carbocycles. The van der Waals surface area contributed by atoms with Crippen molar-refractivity contribution in [1.29, 1.82) is 0 Å². The molecular weight excluding hydrogens is 398 g/mol. The molecule has 8 nitrogen and oxygen atoms in total. The summed E-state index contributed by atoms with van der Waals surface area (Å²) >= 11 is 0. The molecule has 0 saturated heterocycles. The fourth-order valence-electron chi connectivity index (χ4n) is 3.22. The van der Waals surface area contributed by atoms with E-state index in [0.29, 0.717) is 10.8 Å². The Hall–Kier alpha value is -3.56. The third-order valence-corrected chi connectivity index (χ3v) is 5.94. The molecule has 146 valence electrons. The number of rotatable bonds is 4. The van der Waals surface area contributed by atoms with Crippen molar-refractivity contribution in [1.82, 2.24) is 5.06 Å². The molecule has 3 aromatic rings. The Balaban J connectivity index is 1.79. The van der Waals surface area contributed by atoms with E-state index in [1.165, 1.54) is 31.2 Å². The molecule has 1 N–H and O–H groups in total. The summed E-state index contributed by atoms with van der Waals surface area (Å²) in [6.45, 7) is 1.44. The van der Waals surface area contributed by atoms with Crippen molar-refractivity contribution in [3.63, 3.8) is 0 Å². The fraction of sp³-hybridized carbons (Fsp3) is 0.0500. The lowest BCUT2D eigenvalue weighted by Gasteiger charge is -2.25. The number of benzene rings is 3. The number of carboxylic acid groups (broad SMARTS) is 1. The van der Waals surface area contributed by atoms with Gasteiger partial charge in [-0.2, -0.15) is 8.42 Å². The summed E-state index contributed by atoms with van der Waals surface area (Å²) in [7, 11) is -4.66. The van der Waals surface area contributed by atoms with Crippen LogP contribution < -0.4 is 0 Å². The largest absolute Gasteiger partial charge is 0.478 e. The molecule has 1 heterocycles. The van der Waals surface area contributed by atoms with Crippen molar-refractivity contribution >= 4 is 38.7 Å². The number of amides is 2. The second kappa shape index (κ2) is 6.50. The zero-order valence-electron chi connectivity index (χ0n) is 14.9. The number of nitrogens with zero attached hydrogens (tertiary/aromatic N) is 1. The van der Waals surface area contributed by atoms with Crippen LogP contribution in [-0.2, 0) is 14.4 Å². The Bertz CT molecular complexity index is 1280. The summed E-state index contributed by atoms with van der Waals surface area (Å²) in [5.41, 5.74) is 0.186. The maximum Gasteiger partial charge on any atom is 0.335 e. The van der Waals surface area contributed by atoms with Crippen molar-refractivity contribution in [3.05, 3.63) is 76.9 Å². The molecule has 0 radical (unpaired) electrons. The second-order valence-electron chi connectivity index (χ2n) is 6.43. The summed E-state index contributed by atoms with van der Waals surface area (Å²) in [6.07, 6.45) is 0. The minimum atomic E-state index is -4.66. The Morgan fingerprint density at radius 3 is 2.10 bits per heavy atom. The van der Waals surface area contributed by atoms with Gasteiger partial charge in [0.2, 0.25) is 0 Å². The highest BCUT2D eigenvalue weighted by Crippen LogP contribution is 2.31. The Morgan fingerprint density at radius 1 is 0.966 bits per heavy atom. The zero-order valence-corrected chi connectivity index (χ0v) is 15.8. The fourth-order valence-corrected chi connectivity index (χ4v) is 4.36. The first kappa shape index (κ1) is 18.8. The lowest BCUT2D eigenvalue weighted by atomic mass is 9.95. The highest BCUT2D eigenvalue weighted by atomic mass is 32.2. The van der Waals surface area contributed by atoms with E-state index >= 15 is 0 Å². The summed E-state index contributed by atoms with van der Waals surface area (Å²) in [5, 5.41) is 10.4. The van der Waals surface area contributed by atoms with Gasteiger partial charge in [0.1, 0.15) is 0 Å². The van der Waals surface area contributed by atoms with Crippen molar-refractivity contribution in [2.75, 3.05) is 0 Å². The van der Waals surface area contributed by atoms with E-state index in [1.54, 1.807) is 24.3 Å². The topological polar surface area (TPSA) is 118 Å². The standard InChI is InChI=1S/C20H13NO7S/c1-11-8-9-13(20(24)25)10-16(11)29(26,27)28-21-18(22)14-6-2-4-12-5-3-7-15(17(12)14)19(21)23/h2-10H,1H3,(H,24,25). The molecule has 4 rings (SSSR count). The molecule has 9 heteroatoms. The highest BCUT2D eigenvalue weighted by molar-refractivity contribution is 7.86. The van der Waals surface area contributed by atoms with Gasteiger partial charge in [-0.3, -0.25) is 9.59 Å². The molecule has 0 aliphatic carbocycles. The van der Waals surface area contributed by atoms with Crippen LogP contribution in [0.2, 0.25) is 0 Å². The van der Waals surface area contributed by atoms with Gasteiger partial charge in [0.05, 0.1) is 21.6 Å². The molecule has 0 bridgehead atoms. The predicted molar refractivity (Wildman–Crippen MR) is 101 cm³/mol. The number of hydroxylamine groups is 2. The van der Waals surface area contributed by atoms with Crippen LogP contribution >= 0.6 is 0 Å². The van der Waals surface area contributed by atoms with Crippen LogP contribution in [0.3, 0.4) is 0 Å². The zero-order chi connectivity index (χ0) is 20.9. The molecule has 29 heavy (non-hydrogen) atoms. The maximum atomic E-state index is 12.8. The van der Waals surface area contributed by atoms with Crippen LogP contribution in [0.25, 0.3) is 10.8 Å². The van der Waals surface area contributed by atoms with Crippen LogP contribution in [0.4, 0.5) is 0 Å². The average molecular weight is 411 g/mol. The van der Waals surface area contributed by atoms with Crippen molar-refractivity contribution in [2.24, 2.45) is 0 Å². The molecule has 1 aliphatic rings. The number of hydrogen-bond acceptors (Lipinski definition) is 6. The minimum Gasteiger partial charge on any atom is -0.478 e. The average Bonchev–Trinajstić information content (AvgIpc) is 2.69. The third kappa shape index (κ3) is 2.96. The van der Waals surface area contributed by atoms with Crippen molar-refractivity contribution < 1.29 is 32.2 Å². The quantitative estimate of drug-likeness (QED) is 0.656. The van der Waals surface area contributed by atoms with E-state index in [-0.39, 0.29) is 27.3 Å². The van der Waals surface area contributed by atoms with E-state index in [1.807, 2.05) is 0 Å². The van der Waals surface area contributed by atoms with Crippen LogP contribution in [-0.4, -0.2) is 36.4 Å². The van der Waals surface area contributed by atoms with Gasteiger partial charge in [-0.05, 0) is 42.1 Å². The first-order chi connectivity index (χ1) is 13.7. The number of hydrogen-bond donors (Lipinski definition) is 1. The molecule has 0 aromatic heterocycles. The molecule has 0 fully saturated rings. The lowest BCUT2D eigenvalue weighted by molar-refractivity contribution is -0.0155. The van der Waals surface area contributed by atoms with Crippen molar-refractivity contribution in [2.45, 2.75) is 11.8 Å². The smallest absolute Gasteiger partial charge is 0.335 e. The van der Waals surface area contributed by atoms with Crippen LogP contribution in [0, 0.1) is 6.92 Å². The number of carbonyl (C=O) groups excluding carboxylic acids is 2.